The van der Waals surface area contributed by atoms with Gasteiger partial charge in [-0.25, -0.2) is 4.79 Å². The van der Waals surface area contributed by atoms with Crippen LogP contribution in [-0.2, 0) is 16.1 Å². The van der Waals surface area contributed by atoms with E-state index >= 15 is 0 Å². The zero-order valence-corrected chi connectivity index (χ0v) is 20.3. The van der Waals surface area contributed by atoms with Crippen molar-refractivity contribution in [1.82, 2.24) is 10.1 Å². The molecule has 0 aliphatic rings. The highest BCUT2D eigenvalue weighted by atomic mass is 16.5. The Balaban J connectivity index is 1.46. The summed E-state index contributed by atoms with van der Waals surface area (Å²) in [7, 11) is 0. The van der Waals surface area contributed by atoms with Crippen LogP contribution in [0.3, 0.4) is 0 Å². The molecule has 0 atom stereocenters. The van der Waals surface area contributed by atoms with E-state index in [-0.39, 0.29) is 5.91 Å². The summed E-state index contributed by atoms with van der Waals surface area (Å²) in [5.74, 6) is 0.0902. The summed E-state index contributed by atoms with van der Waals surface area (Å²) in [6.45, 7) is 8.60. The number of ether oxygens (including phenoxy) is 2. The van der Waals surface area contributed by atoms with E-state index in [1.54, 1.807) is 53.4 Å². The summed E-state index contributed by atoms with van der Waals surface area (Å²) in [5.41, 5.74) is 2.98. The van der Waals surface area contributed by atoms with E-state index in [0.29, 0.717) is 48.0 Å². The van der Waals surface area contributed by atoms with E-state index in [1.165, 1.54) is 0 Å². The number of benzene rings is 2. The number of anilines is 1. The van der Waals surface area contributed by atoms with Gasteiger partial charge in [-0.2, -0.15) is 0 Å². The van der Waals surface area contributed by atoms with Crippen LogP contribution >= 0.6 is 0 Å². The van der Waals surface area contributed by atoms with Crippen molar-refractivity contribution >= 4 is 23.5 Å². The fourth-order valence-corrected chi connectivity index (χ4v) is 3.35. The van der Waals surface area contributed by atoms with Crippen LogP contribution in [0.15, 0.2) is 53.1 Å². The number of nitrogens with zero attached hydrogens (tertiary/aromatic N) is 2. The van der Waals surface area contributed by atoms with E-state index in [1.807, 2.05) is 27.7 Å². The molecule has 0 spiro atoms. The lowest BCUT2D eigenvalue weighted by Crippen LogP contribution is -2.30. The predicted molar refractivity (Wildman–Crippen MR) is 129 cm³/mol. The van der Waals surface area contributed by atoms with E-state index in [4.69, 9.17) is 14.0 Å². The number of carbonyl (C=O) groups excluding carboxylic acids is 3. The zero-order valence-electron chi connectivity index (χ0n) is 20.3. The van der Waals surface area contributed by atoms with Crippen LogP contribution in [0.2, 0.25) is 0 Å². The molecule has 2 aromatic carbocycles. The normalized spacial score (nSPS) is 10.5. The standard InChI is InChI=1S/C26H29N3O6/c1-5-29(6-2)25(31)19-7-11-21(12-8-19)27-24(30)16-34-26(32)20-9-13-22(14-10-20)33-15-23-17(3)28-35-18(23)4/h7-14H,5-6,15-16H2,1-4H3,(H,27,30). The van der Waals surface area contributed by atoms with Crippen LogP contribution in [0.5, 0.6) is 5.75 Å². The van der Waals surface area contributed by atoms with Gasteiger partial charge in [0.05, 0.1) is 16.8 Å². The Hall–Kier alpha value is -4.14. The fourth-order valence-electron chi connectivity index (χ4n) is 3.35. The molecular formula is C26H29N3O6. The number of rotatable bonds is 10. The van der Waals surface area contributed by atoms with Crippen LogP contribution < -0.4 is 10.1 Å². The Morgan fingerprint density at radius 2 is 1.57 bits per heavy atom. The largest absolute Gasteiger partial charge is 0.489 e. The van der Waals surface area contributed by atoms with E-state index in [2.05, 4.69) is 10.5 Å². The van der Waals surface area contributed by atoms with Crippen molar-refractivity contribution in [2.45, 2.75) is 34.3 Å². The van der Waals surface area contributed by atoms with E-state index < -0.39 is 18.5 Å². The van der Waals surface area contributed by atoms with Gasteiger partial charge in [-0.1, -0.05) is 5.16 Å². The number of carbonyl (C=O) groups is 3. The predicted octanol–water partition coefficient (Wildman–Crippen LogP) is 4.15. The van der Waals surface area contributed by atoms with Crippen molar-refractivity contribution < 1.29 is 28.4 Å². The molecule has 35 heavy (non-hydrogen) atoms. The molecule has 1 heterocycles. The maximum Gasteiger partial charge on any atom is 0.338 e. The van der Waals surface area contributed by atoms with Crippen molar-refractivity contribution in [3.63, 3.8) is 0 Å². The molecule has 0 radical (unpaired) electrons. The van der Waals surface area contributed by atoms with Crippen molar-refractivity contribution in [1.29, 1.82) is 0 Å². The Kier molecular flexibility index (Phi) is 8.61. The molecule has 1 N–H and O–H groups in total. The third-order valence-electron chi connectivity index (χ3n) is 5.46. The van der Waals surface area contributed by atoms with Gasteiger partial charge < -0.3 is 24.2 Å². The van der Waals surface area contributed by atoms with Gasteiger partial charge in [-0.05, 0) is 76.2 Å². The molecule has 3 aromatic rings. The van der Waals surface area contributed by atoms with Gasteiger partial charge in [0.1, 0.15) is 18.1 Å². The molecule has 0 aliphatic heterocycles. The SMILES string of the molecule is CCN(CC)C(=O)c1ccc(NC(=O)COC(=O)c2ccc(OCc3c(C)noc3C)cc2)cc1. The smallest absolute Gasteiger partial charge is 0.338 e. The average molecular weight is 480 g/mol. The monoisotopic (exact) mass is 479 g/mol. The van der Waals surface area contributed by atoms with Gasteiger partial charge in [0.2, 0.25) is 0 Å². The number of aryl methyl sites for hydroxylation is 2. The van der Waals surface area contributed by atoms with Crippen LogP contribution in [-0.4, -0.2) is 47.5 Å². The number of hydrogen-bond acceptors (Lipinski definition) is 7. The molecule has 0 saturated heterocycles. The molecule has 3 rings (SSSR count). The van der Waals surface area contributed by atoms with Gasteiger partial charge >= 0.3 is 5.97 Å². The number of esters is 1. The summed E-state index contributed by atoms with van der Waals surface area (Å²) in [4.78, 5) is 38.5. The number of amides is 2. The summed E-state index contributed by atoms with van der Waals surface area (Å²) in [5, 5.41) is 6.53. The van der Waals surface area contributed by atoms with Crippen LogP contribution in [0.4, 0.5) is 5.69 Å². The topological polar surface area (TPSA) is 111 Å². The van der Waals surface area contributed by atoms with E-state index in [9.17, 15) is 14.4 Å². The third kappa shape index (κ3) is 6.69. The lowest BCUT2D eigenvalue weighted by atomic mass is 10.2. The molecule has 9 nitrogen and oxygen atoms in total. The fraction of sp³-hybridized carbons (Fsp3) is 0.308. The maximum atomic E-state index is 12.4. The second-order valence-corrected chi connectivity index (χ2v) is 7.79. The Morgan fingerprint density at radius 1 is 0.943 bits per heavy atom. The van der Waals surface area contributed by atoms with Crippen molar-refractivity contribution in [2.75, 3.05) is 25.0 Å². The molecule has 0 bridgehead atoms. The zero-order chi connectivity index (χ0) is 25.4. The second-order valence-electron chi connectivity index (χ2n) is 7.79. The number of aromatic nitrogens is 1. The highest BCUT2D eigenvalue weighted by Crippen LogP contribution is 2.18. The quantitative estimate of drug-likeness (QED) is 0.435. The van der Waals surface area contributed by atoms with Gasteiger partial charge in [-0.3, -0.25) is 9.59 Å². The summed E-state index contributed by atoms with van der Waals surface area (Å²) < 4.78 is 15.9. The Morgan fingerprint density at radius 3 is 2.14 bits per heavy atom. The first kappa shape index (κ1) is 25.5. The Labute approximate surface area is 204 Å². The van der Waals surface area contributed by atoms with Crippen molar-refractivity contribution in [2.24, 2.45) is 0 Å². The summed E-state index contributed by atoms with van der Waals surface area (Å²) in [6.07, 6.45) is 0. The molecule has 0 saturated carbocycles. The van der Waals surface area contributed by atoms with Gasteiger partial charge in [0.25, 0.3) is 11.8 Å². The van der Waals surface area contributed by atoms with Crippen LogP contribution in [0, 0.1) is 13.8 Å². The minimum Gasteiger partial charge on any atom is -0.489 e. The molecule has 2 amide bonds. The first-order chi connectivity index (χ1) is 16.8. The highest BCUT2D eigenvalue weighted by Gasteiger charge is 2.14. The molecule has 0 unspecified atom stereocenters. The Bertz CT molecular complexity index is 1150. The molecule has 0 aliphatic carbocycles. The molecule has 9 heteroatoms. The molecule has 1 aromatic heterocycles. The van der Waals surface area contributed by atoms with Crippen molar-refractivity contribution in [3.8, 4) is 5.75 Å². The summed E-state index contributed by atoms with van der Waals surface area (Å²) >= 11 is 0. The van der Waals surface area contributed by atoms with Crippen LogP contribution in [0.1, 0.15) is 51.6 Å². The minimum atomic E-state index is -0.627. The van der Waals surface area contributed by atoms with Crippen molar-refractivity contribution in [3.05, 3.63) is 76.7 Å². The molecular weight excluding hydrogens is 450 g/mol. The molecule has 184 valence electrons. The first-order valence-corrected chi connectivity index (χ1v) is 11.3. The lowest BCUT2D eigenvalue weighted by molar-refractivity contribution is -0.119. The van der Waals surface area contributed by atoms with Gasteiger partial charge in [0.15, 0.2) is 6.61 Å². The minimum absolute atomic E-state index is 0.0676. The number of hydrogen-bond donors (Lipinski definition) is 1. The maximum absolute atomic E-state index is 12.4. The third-order valence-corrected chi connectivity index (χ3v) is 5.46. The number of nitrogens with one attached hydrogen (secondary N) is 1. The van der Waals surface area contributed by atoms with Gasteiger partial charge in [-0.15, -0.1) is 0 Å². The lowest BCUT2D eigenvalue weighted by Gasteiger charge is -2.18. The highest BCUT2D eigenvalue weighted by molar-refractivity contribution is 5.97. The first-order valence-electron chi connectivity index (χ1n) is 11.3. The molecule has 0 fully saturated rings. The van der Waals surface area contributed by atoms with Crippen LogP contribution in [0.25, 0.3) is 0 Å². The second kappa shape index (κ2) is 11.8. The summed E-state index contributed by atoms with van der Waals surface area (Å²) in [6, 6.07) is 13.0. The van der Waals surface area contributed by atoms with E-state index in [0.717, 1.165) is 11.3 Å². The van der Waals surface area contributed by atoms with Gasteiger partial charge in [0, 0.05) is 24.3 Å². The average Bonchev–Trinajstić information content (AvgIpc) is 3.19.